The van der Waals surface area contributed by atoms with Crippen LogP contribution in [0.3, 0.4) is 0 Å². The molecule has 0 saturated heterocycles. The second-order valence-electron chi connectivity index (χ2n) is 3.57. The molecule has 4 heteroatoms. The van der Waals surface area contributed by atoms with E-state index in [0.717, 1.165) is 6.42 Å². The summed E-state index contributed by atoms with van der Waals surface area (Å²) >= 11 is 0. The molecule has 3 nitrogen and oxygen atoms in total. The van der Waals surface area contributed by atoms with Crippen LogP contribution < -0.4 is 5.73 Å². The quantitative estimate of drug-likeness (QED) is 0.505. The van der Waals surface area contributed by atoms with E-state index in [1.54, 1.807) is 0 Å². The van der Waals surface area contributed by atoms with Crippen molar-refractivity contribution in [3.8, 4) is 0 Å². The van der Waals surface area contributed by atoms with Crippen molar-refractivity contribution in [3.63, 3.8) is 0 Å². The van der Waals surface area contributed by atoms with Crippen LogP contribution in [0, 0.1) is 17.8 Å². The summed E-state index contributed by atoms with van der Waals surface area (Å²) in [5.74, 6) is 0.487. The normalized spacial score (nSPS) is 40.2. The second kappa shape index (κ2) is 3.68. The van der Waals surface area contributed by atoms with Crippen molar-refractivity contribution in [2.24, 2.45) is 23.5 Å². The number of esters is 1. The fourth-order valence-electron chi connectivity index (χ4n) is 2.33. The van der Waals surface area contributed by atoms with E-state index in [9.17, 15) is 4.79 Å². The van der Waals surface area contributed by atoms with E-state index in [2.05, 4.69) is 12.2 Å². The maximum Gasteiger partial charge on any atom is 0.310 e. The van der Waals surface area contributed by atoms with Gasteiger partial charge in [0.25, 0.3) is 0 Å². The first-order chi connectivity index (χ1) is 5.74. The van der Waals surface area contributed by atoms with E-state index in [1.165, 1.54) is 7.11 Å². The molecule has 0 aromatic carbocycles. The minimum atomic E-state index is -0.153. The zero-order chi connectivity index (χ0) is 8.72. The van der Waals surface area contributed by atoms with Crippen LogP contribution in [-0.2, 0) is 9.53 Å². The average molecular weight is 204 g/mol. The maximum absolute atomic E-state index is 11.3. The van der Waals surface area contributed by atoms with Gasteiger partial charge >= 0.3 is 5.97 Å². The van der Waals surface area contributed by atoms with Gasteiger partial charge in [0.1, 0.15) is 0 Å². The Morgan fingerprint density at radius 2 is 2.08 bits per heavy atom. The predicted molar refractivity (Wildman–Crippen MR) is 51.5 cm³/mol. The number of halogens is 1. The van der Waals surface area contributed by atoms with Crippen molar-refractivity contribution in [2.75, 3.05) is 7.11 Å². The Bertz CT molecular complexity index is 242. The average Bonchev–Trinajstić information content (AvgIpc) is 2.63. The second-order valence-corrected chi connectivity index (χ2v) is 3.57. The van der Waals surface area contributed by atoms with Crippen LogP contribution >= 0.6 is 12.4 Å². The molecule has 2 aliphatic carbocycles. The van der Waals surface area contributed by atoms with E-state index < -0.39 is 0 Å². The molecule has 0 spiro atoms. The van der Waals surface area contributed by atoms with Crippen molar-refractivity contribution < 1.29 is 9.53 Å². The first-order valence-corrected chi connectivity index (χ1v) is 4.26. The van der Waals surface area contributed by atoms with Crippen LogP contribution in [0.2, 0.25) is 0 Å². The number of nitrogens with two attached hydrogens (primary N) is 1. The lowest BCUT2D eigenvalue weighted by atomic mass is 9.90. The Balaban J connectivity index is 0.000000845. The van der Waals surface area contributed by atoms with E-state index in [1.807, 2.05) is 0 Å². The largest absolute Gasteiger partial charge is 0.469 e. The summed E-state index contributed by atoms with van der Waals surface area (Å²) in [4.78, 5) is 11.3. The molecule has 74 valence electrons. The van der Waals surface area contributed by atoms with Gasteiger partial charge in [-0.15, -0.1) is 12.4 Å². The molecule has 2 rings (SSSR count). The summed E-state index contributed by atoms with van der Waals surface area (Å²) in [7, 11) is 1.42. The van der Waals surface area contributed by atoms with Gasteiger partial charge < -0.3 is 10.5 Å². The lowest BCUT2D eigenvalue weighted by Crippen LogP contribution is -2.39. The minimum absolute atomic E-state index is 0. The van der Waals surface area contributed by atoms with Gasteiger partial charge in [0.05, 0.1) is 13.0 Å². The van der Waals surface area contributed by atoms with Crippen LogP contribution in [0.5, 0.6) is 0 Å². The Hall–Kier alpha value is -0.540. The third-order valence-corrected chi connectivity index (χ3v) is 2.99. The fourth-order valence-corrected chi connectivity index (χ4v) is 2.33. The highest BCUT2D eigenvalue weighted by Crippen LogP contribution is 2.42. The smallest absolute Gasteiger partial charge is 0.310 e. The summed E-state index contributed by atoms with van der Waals surface area (Å²) in [5, 5.41) is 0. The first kappa shape index (κ1) is 10.5. The number of allylic oxidation sites excluding steroid dienone is 1. The standard InChI is InChI=1S/C9H13NO2.ClH/c1-12-9(11)7-5-2-3-6(4-5)8(7)10;/h2-3,5-8H,4,10H2,1H3;1H/t5-,6+,7+,8-;/m0./s1. The lowest BCUT2D eigenvalue weighted by molar-refractivity contribution is -0.146. The Labute approximate surface area is 83.7 Å². The molecule has 4 atom stereocenters. The highest BCUT2D eigenvalue weighted by molar-refractivity contribution is 5.85. The Morgan fingerprint density at radius 1 is 1.46 bits per heavy atom. The summed E-state index contributed by atoms with van der Waals surface area (Å²) in [6.45, 7) is 0. The summed E-state index contributed by atoms with van der Waals surface area (Å²) in [6, 6.07) is -0.0209. The minimum Gasteiger partial charge on any atom is -0.469 e. The maximum atomic E-state index is 11.3. The molecule has 1 saturated carbocycles. The molecule has 0 aliphatic heterocycles. The van der Waals surface area contributed by atoms with Gasteiger partial charge in [0.2, 0.25) is 0 Å². The molecule has 0 amide bonds. The number of hydrogen-bond acceptors (Lipinski definition) is 3. The molecule has 13 heavy (non-hydrogen) atoms. The van der Waals surface area contributed by atoms with Crippen LogP contribution in [0.25, 0.3) is 0 Å². The molecule has 0 aromatic heterocycles. The summed E-state index contributed by atoms with van der Waals surface area (Å²) in [5.41, 5.74) is 5.89. The number of methoxy groups -OCH3 is 1. The van der Waals surface area contributed by atoms with E-state index in [4.69, 9.17) is 10.5 Å². The topological polar surface area (TPSA) is 52.3 Å². The van der Waals surface area contributed by atoms with Crippen molar-refractivity contribution in [1.29, 1.82) is 0 Å². The molecule has 1 fully saturated rings. The fraction of sp³-hybridized carbons (Fsp3) is 0.667. The highest BCUT2D eigenvalue weighted by atomic mass is 35.5. The van der Waals surface area contributed by atoms with E-state index in [-0.39, 0.29) is 30.3 Å². The predicted octanol–water partition coefficient (Wildman–Crippen LogP) is 0.731. The van der Waals surface area contributed by atoms with Gasteiger partial charge in [-0.25, -0.2) is 0 Å². The molecule has 0 unspecified atom stereocenters. The van der Waals surface area contributed by atoms with Gasteiger partial charge in [-0.3, -0.25) is 4.79 Å². The lowest BCUT2D eigenvalue weighted by Gasteiger charge is -2.21. The number of carbonyl (C=O) groups is 1. The highest BCUT2D eigenvalue weighted by Gasteiger charge is 2.46. The monoisotopic (exact) mass is 203 g/mol. The third-order valence-electron chi connectivity index (χ3n) is 2.99. The van der Waals surface area contributed by atoms with E-state index >= 15 is 0 Å². The number of fused-ring (bicyclic) bond motifs is 2. The molecule has 2 N–H and O–H groups in total. The van der Waals surface area contributed by atoms with Crippen molar-refractivity contribution >= 4 is 18.4 Å². The Kier molecular flexibility index (Phi) is 2.98. The molecule has 0 radical (unpaired) electrons. The van der Waals surface area contributed by atoms with E-state index in [0.29, 0.717) is 11.8 Å². The molecule has 2 aliphatic rings. The SMILES string of the molecule is COC(=O)[C@H]1[C@@H](N)[C@@H]2C=C[C@H]1C2.Cl. The third kappa shape index (κ3) is 1.46. The summed E-state index contributed by atoms with van der Waals surface area (Å²) < 4.78 is 4.70. The van der Waals surface area contributed by atoms with Gasteiger partial charge in [0.15, 0.2) is 0 Å². The van der Waals surface area contributed by atoms with Crippen LogP contribution in [0.4, 0.5) is 0 Å². The van der Waals surface area contributed by atoms with Gasteiger partial charge in [-0.1, -0.05) is 12.2 Å². The number of hydrogen-bond donors (Lipinski definition) is 1. The number of carbonyl (C=O) groups excluding carboxylic acids is 1. The van der Waals surface area contributed by atoms with Crippen LogP contribution in [0.15, 0.2) is 12.2 Å². The van der Waals surface area contributed by atoms with Gasteiger partial charge in [-0.2, -0.15) is 0 Å². The van der Waals surface area contributed by atoms with Crippen LogP contribution in [0.1, 0.15) is 6.42 Å². The molecule has 2 bridgehead atoms. The van der Waals surface area contributed by atoms with Crippen molar-refractivity contribution in [3.05, 3.63) is 12.2 Å². The zero-order valence-electron chi connectivity index (χ0n) is 7.47. The Morgan fingerprint density at radius 3 is 2.54 bits per heavy atom. The van der Waals surface area contributed by atoms with Crippen molar-refractivity contribution in [2.45, 2.75) is 12.5 Å². The number of ether oxygens (including phenoxy) is 1. The van der Waals surface area contributed by atoms with Gasteiger partial charge in [-0.05, 0) is 18.3 Å². The van der Waals surface area contributed by atoms with Crippen molar-refractivity contribution in [1.82, 2.24) is 0 Å². The zero-order valence-corrected chi connectivity index (χ0v) is 8.29. The van der Waals surface area contributed by atoms with Crippen LogP contribution in [-0.4, -0.2) is 19.1 Å². The summed E-state index contributed by atoms with van der Waals surface area (Å²) in [6.07, 6.45) is 5.24. The number of rotatable bonds is 1. The molecule has 0 heterocycles. The molecular formula is C9H14ClNO2. The first-order valence-electron chi connectivity index (χ1n) is 4.26. The van der Waals surface area contributed by atoms with Gasteiger partial charge in [0, 0.05) is 6.04 Å². The molecular weight excluding hydrogens is 190 g/mol. The molecule has 0 aromatic rings.